The Morgan fingerprint density at radius 1 is 1.23 bits per heavy atom. The standard InChI is InChI=1S/C23H24F3N5/c1-13-17(4-3-5-19(13)23(24,25)26)14(2)29-22-18-10-16(7-6-15(18)11-28-30-22)31-12-20-21(31)8-9-27-20/h3-7,10-11,14,20-21,27H,8-9,12H2,1-2H3,(H,29,30)/t14?,20-,21-/m0/s1. The van der Waals surface area contributed by atoms with Gasteiger partial charge < -0.3 is 15.5 Å². The Morgan fingerprint density at radius 2 is 2.06 bits per heavy atom. The summed E-state index contributed by atoms with van der Waals surface area (Å²) in [6, 6.07) is 11.2. The van der Waals surface area contributed by atoms with Crippen LogP contribution in [-0.2, 0) is 6.18 Å². The third-order valence-corrected chi connectivity index (χ3v) is 6.58. The third-order valence-electron chi connectivity index (χ3n) is 6.58. The Balaban J connectivity index is 1.46. The Kier molecular flexibility index (Phi) is 4.77. The molecule has 0 radical (unpaired) electrons. The van der Waals surface area contributed by atoms with Crippen LogP contribution in [0, 0.1) is 6.92 Å². The predicted octanol–water partition coefficient (Wildman–Crippen LogP) is 4.68. The molecule has 3 heterocycles. The molecule has 8 heteroatoms. The van der Waals surface area contributed by atoms with E-state index in [4.69, 9.17) is 0 Å². The van der Waals surface area contributed by atoms with Gasteiger partial charge in [-0.25, -0.2) is 0 Å². The first-order chi connectivity index (χ1) is 14.8. The summed E-state index contributed by atoms with van der Waals surface area (Å²) in [7, 11) is 0. The zero-order valence-corrected chi connectivity index (χ0v) is 17.4. The van der Waals surface area contributed by atoms with Crippen LogP contribution in [0.4, 0.5) is 24.7 Å². The van der Waals surface area contributed by atoms with Gasteiger partial charge in [0.15, 0.2) is 5.82 Å². The Hall–Kier alpha value is -2.87. The van der Waals surface area contributed by atoms with Gasteiger partial charge in [-0.2, -0.15) is 18.3 Å². The maximum absolute atomic E-state index is 13.3. The van der Waals surface area contributed by atoms with Crippen molar-refractivity contribution < 1.29 is 13.2 Å². The lowest BCUT2D eigenvalue weighted by molar-refractivity contribution is -0.138. The van der Waals surface area contributed by atoms with Crippen LogP contribution in [0.5, 0.6) is 0 Å². The summed E-state index contributed by atoms with van der Waals surface area (Å²) >= 11 is 0. The van der Waals surface area contributed by atoms with Gasteiger partial charge in [0.2, 0.25) is 0 Å². The summed E-state index contributed by atoms with van der Waals surface area (Å²) in [4.78, 5) is 2.40. The highest BCUT2D eigenvalue weighted by molar-refractivity contribution is 5.93. The summed E-state index contributed by atoms with van der Waals surface area (Å²) in [6.07, 6.45) is -1.53. The molecule has 162 valence electrons. The number of rotatable bonds is 4. The molecule has 1 aromatic heterocycles. The monoisotopic (exact) mass is 427 g/mol. The summed E-state index contributed by atoms with van der Waals surface area (Å²) in [6.45, 7) is 5.39. The van der Waals surface area contributed by atoms with Crippen molar-refractivity contribution in [1.29, 1.82) is 0 Å². The summed E-state index contributed by atoms with van der Waals surface area (Å²) in [5, 5.41) is 17.0. The molecule has 0 bridgehead atoms. The van der Waals surface area contributed by atoms with E-state index in [1.165, 1.54) is 13.0 Å². The van der Waals surface area contributed by atoms with Gasteiger partial charge in [-0.1, -0.05) is 18.2 Å². The predicted molar refractivity (Wildman–Crippen MR) is 115 cm³/mol. The van der Waals surface area contributed by atoms with E-state index in [1.807, 2.05) is 13.0 Å². The second-order valence-corrected chi connectivity index (χ2v) is 8.42. The molecule has 3 aromatic rings. The van der Waals surface area contributed by atoms with Crippen LogP contribution < -0.4 is 15.5 Å². The van der Waals surface area contributed by atoms with E-state index >= 15 is 0 Å². The number of hydrogen-bond donors (Lipinski definition) is 2. The lowest BCUT2D eigenvalue weighted by atomic mass is 9.96. The molecule has 5 nitrogen and oxygen atoms in total. The number of hydrogen-bond acceptors (Lipinski definition) is 5. The molecule has 2 N–H and O–H groups in total. The SMILES string of the molecule is Cc1c(C(C)Nc2nncc3ccc(N4C[C@@H]5NCC[C@@H]54)cc23)cccc1C(F)(F)F. The number of fused-ring (bicyclic) bond motifs is 2. The molecule has 5 rings (SSSR count). The molecule has 2 aromatic carbocycles. The maximum Gasteiger partial charge on any atom is 0.416 e. The fourth-order valence-corrected chi connectivity index (χ4v) is 4.88. The van der Waals surface area contributed by atoms with Crippen molar-refractivity contribution in [3.63, 3.8) is 0 Å². The molecule has 3 atom stereocenters. The van der Waals surface area contributed by atoms with E-state index in [1.54, 1.807) is 12.3 Å². The van der Waals surface area contributed by atoms with Crippen LogP contribution in [0.2, 0.25) is 0 Å². The van der Waals surface area contributed by atoms with Crippen molar-refractivity contribution >= 4 is 22.3 Å². The van der Waals surface area contributed by atoms with Crippen LogP contribution in [0.15, 0.2) is 42.6 Å². The van der Waals surface area contributed by atoms with Gasteiger partial charge in [-0.05, 0) is 56.1 Å². The number of anilines is 2. The maximum atomic E-state index is 13.3. The lowest BCUT2D eigenvalue weighted by Gasteiger charge is -2.46. The molecule has 2 aliphatic heterocycles. The van der Waals surface area contributed by atoms with Gasteiger partial charge in [0.1, 0.15) is 0 Å². The normalized spacial score (nSPS) is 21.6. The second kappa shape index (κ2) is 7.37. The minimum atomic E-state index is -4.38. The smallest absolute Gasteiger partial charge is 0.365 e. The van der Waals surface area contributed by atoms with Gasteiger partial charge in [-0.15, -0.1) is 5.10 Å². The molecule has 2 fully saturated rings. The fraction of sp³-hybridized carbons (Fsp3) is 0.391. The molecular weight excluding hydrogens is 403 g/mol. The van der Waals surface area contributed by atoms with Crippen LogP contribution in [0.1, 0.15) is 36.1 Å². The van der Waals surface area contributed by atoms with E-state index < -0.39 is 11.7 Å². The minimum absolute atomic E-state index is 0.226. The van der Waals surface area contributed by atoms with E-state index in [9.17, 15) is 13.2 Å². The quantitative estimate of drug-likeness (QED) is 0.633. The number of nitrogens with zero attached hydrogens (tertiary/aromatic N) is 3. The number of nitrogens with one attached hydrogen (secondary N) is 2. The first-order valence-corrected chi connectivity index (χ1v) is 10.5. The molecule has 0 amide bonds. The highest BCUT2D eigenvalue weighted by Gasteiger charge is 2.42. The molecule has 2 aliphatic rings. The molecule has 0 spiro atoms. The topological polar surface area (TPSA) is 53.1 Å². The zero-order chi connectivity index (χ0) is 21.8. The van der Waals surface area contributed by atoms with E-state index in [-0.39, 0.29) is 11.6 Å². The number of benzene rings is 2. The third kappa shape index (κ3) is 3.48. The summed E-state index contributed by atoms with van der Waals surface area (Å²) < 4.78 is 40.0. The van der Waals surface area contributed by atoms with Crippen molar-refractivity contribution in [2.75, 3.05) is 23.3 Å². The van der Waals surface area contributed by atoms with Crippen LogP contribution >= 0.6 is 0 Å². The van der Waals surface area contributed by atoms with Crippen molar-refractivity contribution in [2.45, 2.75) is 44.6 Å². The minimum Gasteiger partial charge on any atom is -0.365 e. The highest BCUT2D eigenvalue weighted by Crippen LogP contribution is 2.37. The van der Waals surface area contributed by atoms with Gasteiger partial charge in [0.05, 0.1) is 17.8 Å². The average Bonchev–Trinajstić information content (AvgIpc) is 3.08. The first-order valence-electron chi connectivity index (χ1n) is 10.5. The van der Waals surface area contributed by atoms with Gasteiger partial charge in [0.25, 0.3) is 0 Å². The number of aromatic nitrogens is 2. The number of alkyl halides is 3. The highest BCUT2D eigenvalue weighted by atomic mass is 19.4. The summed E-state index contributed by atoms with van der Waals surface area (Å²) in [5.41, 5.74) is 1.34. The van der Waals surface area contributed by atoms with Crippen molar-refractivity contribution in [3.8, 4) is 0 Å². The second-order valence-electron chi connectivity index (χ2n) is 8.42. The molecule has 31 heavy (non-hydrogen) atoms. The van der Waals surface area contributed by atoms with Gasteiger partial charge in [0, 0.05) is 35.1 Å². The molecule has 2 saturated heterocycles. The van der Waals surface area contributed by atoms with Crippen molar-refractivity contribution in [1.82, 2.24) is 15.5 Å². The Labute approximate surface area is 178 Å². The van der Waals surface area contributed by atoms with Crippen LogP contribution in [0.25, 0.3) is 10.8 Å². The van der Waals surface area contributed by atoms with E-state index in [0.717, 1.165) is 42.0 Å². The van der Waals surface area contributed by atoms with Crippen LogP contribution in [0.3, 0.4) is 0 Å². The van der Waals surface area contributed by atoms with Crippen molar-refractivity contribution in [3.05, 3.63) is 59.3 Å². The van der Waals surface area contributed by atoms with Gasteiger partial charge in [-0.3, -0.25) is 0 Å². The fourth-order valence-electron chi connectivity index (χ4n) is 4.88. The van der Waals surface area contributed by atoms with E-state index in [0.29, 0.717) is 23.5 Å². The molecular formula is C23H24F3N5. The molecule has 0 aliphatic carbocycles. The lowest BCUT2D eigenvalue weighted by Crippen LogP contribution is -2.61. The largest absolute Gasteiger partial charge is 0.416 e. The van der Waals surface area contributed by atoms with Crippen LogP contribution in [-0.4, -0.2) is 35.4 Å². The summed E-state index contributed by atoms with van der Waals surface area (Å²) in [5.74, 6) is 0.574. The Morgan fingerprint density at radius 3 is 2.84 bits per heavy atom. The Bertz CT molecular complexity index is 1130. The molecule has 1 unspecified atom stereocenters. The first kappa shape index (κ1) is 20.1. The van der Waals surface area contributed by atoms with Gasteiger partial charge >= 0.3 is 6.18 Å². The van der Waals surface area contributed by atoms with Crippen molar-refractivity contribution in [2.24, 2.45) is 0 Å². The number of halogens is 3. The molecule has 0 saturated carbocycles. The average molecular weight is 427 g/mol. The van der Waals surface area contributed by atoms with E-state index in [2.05, 4.69) is 37.9 Å². The zero-order valence-electron chi connectivity index (χ0n) is 17.4.